The van der Waals surface area contributed by atoms with Gasteiger partial charge in [0.15, 0.2) is 5.69 Å². The van der Waals surface area contributed by atoms with Gasteiger partial charge in [-0.25, -0.2) is 18.0 Å². The van der Waals surface area contributed by atoms with Crippen molar-refractivity contribution in [3.8, 4) is 5.69 Å². The van der Waals surface area contributed by atoms with Gasteiger partial charge >= 0.3 is 5.97 Å². The van der Waals surface area contributed by atoms with Gasteiger partial charge in [-0.1, -0.05) is 6.07 Å². The molecule has 2 aromatic carbocycles. The van der Waals surface area contributed by atoms with Crippen LogP contribution in [-0.4, -0.2) is 28.3 Å². The van der Waals surface area contributed by atoms with E-state index in [4.69, 9.17) is 4.74 Å². The van der Waals surface area contributed by atoms with E-state index < -0.39 is 51.8 Å². The molecule has 1 N–H and O–H groups in total. The van der Waals surface area contributed by atoms with Crippen LogP contribution in [0.15, 0.2) is 53.3 Å². The highest BCUT2D eigenvalue weighted by Crippen LogP contribution is 2.18. The molecule has 0 aliphatic rings. The van der Waals surface area contributed by atoms with Gasteiger partial charge in [-0.15, -0.1) is 0 Å². The van der Waals surface area contributed by atoms with Crippen LogP contribution in [0.1, 0.15) is 27.8 Å². The number of nitrogens with zero attached hydrogens (tertiary/aromatic N) is 2. The third-order valence-electron chi connectivity index (χ3n) is 3.91. The van der Waals surface area contributed by atoms with E-state index in [1.54, 1.807) is 0 Å². The summed E-state index contributed by atoms with van der Waals surface area (Å²) in [7, 11) is 0. The molecule has 0 saturated heterocycles. The van der Waals surface area contributed by atoms with Gasteiger partial charge in [-0.05, 0) is 43.3 Å². The van der Waals surface area contributed by atoms with Crippen LogP contribution >= 0.6 is 0 Å². The molecule has 10 heteroatoms. The van der Waals surface area contributed by atoms with Crippen LogP contribution in [0.3, 0.4) is 0 Å². The number of halogens is 3. The van der Waals surface area contributed by atoms with Gasteiger partial charge < -0.3 is 10.1 Å². The van der Waals surface area contributed by atoms with E-state index >= 15 is 0 Å². The van der Waals surface area contributed by atoms with Crippen LogP contribution in [0.25, 0.3) is 5.69 Å². The minimum absolute atomic E-state index is 0.0362. The maximum atomic E-state index is 13.9. The Labute approximate surface area is 167 Å². The highest BCUT2D eigenvalue weighted by molar-refractivity contribution is 6.07. The van der Waals surface area contributed by atoms with Crippen molar-refractivity contribution >= 4 is 17.6 Å². The first-order valence-corrected chi connectivity index (χ1v) is 8.64. The lowest BCUT2D eigenvalue weighted by Crippen LogP contribution is -2.27. The fourth-order valence-corrected chi connectivity index (χ4v) is 2.57. The third-order valence-corrected chi connectivity index (χ3v) is 3.91. The van der Waals surface area contributed by atoms with Crippen LogP contribution in [0, 0.1) is 17.5 Å². The predicted molar refractivity (Wildman–Crippen MR) is 100 cm³/mol. The lowest BCUT2D eigenvalue weighted by atomic mass is 10.1. The van der Waals surface area contributed by atoms with Gasteiger partial charge in [-0.3, -0.25) is 9.59 Å². The number of benzene rings is 2. The first-order valence-electron chi connectivity index (χ1n) is 8.64. The summed E-state index contributed by atoms with van der Waals surface area (Å²) in [6, 6.07) is 8.38. The molecule has 154 valence electrons. The molecule has 1 aromatic heterocycles. The lowest BCUT2D eigenvalue weighted by molar-refractivity contribution is 0.0518. The Bertz CT molecular complexity index is 1160. The normalized spacial score (nSPS) is 10.5. The predicted octanol–water partition coefficient (Wildman–Crippen LogP) is 3.08. The smallest absolute Gasteiger partial charge is 0.360 e. The lowest BCUT2D eigenvalue weighted by Gasteiger charge is -2.13. The van der Waals surface area contributed by atoms with E-state index in [1.165, 1.54) is 19.1 Å². The molecular weight excluding hydrogens is 403 g/mol. The highest BCUT2D eigenvalue weighted by atomic mass is 19.1. The first kappa shape index (κ1) is 20.8. The first-order chi connectivity index (χ1) is 14.3. The summed E-state index contributed by atoms with van der Waals surface area (Å²) in [6.45, 7) is 1.49. The minimum Gasteiger partial charge on any atom is -0.461 e. The molecule has 0 saturated carbocycles. The monoisotopic (exact) mass is 417 g/mol. The number of rotatable bonds is 5. The number of hydrogen-bond acceptors (Lipinski definition) is 5. The molecule has 0 bridgehead atoms. The number of carbonyl (C=O) groups excluding carboxylic acids is 2. The number of anilines is 1. The van der Waals surface area contributed by atoms with Gasteiger partial charge in [0.05, 0.1) is 18.0 Å². The molecule has 0 fully saturated rings. The van der Waals surface area contributed by atoms with Crippen molar-refractivity contribution in [2.45, 2.75) is 6.92 Å². The second-order valence-electron chi connectivity index (χ2n) is 5.90. The number of carbonyl (C=O) groups is 2. The molecule has 7 nitrogen and oxygen atoms in total. The second-order valence-corrected chi connectivity index (χ2v) is 5.90. The van der Waals surface area contributed by atoms with E-state index in [0.29, 0.717) is 0 Å². The third kappa shape index (κ3) is 4.22. The van der Waals surface area contributed by atoms with Crippen LogP contribution in [0.5, 0.6) is 0 Å². The average Bonchev–Trinajstić information content (AvgIpc) is 2.69. The summed E-state index contributed by atoms with van der Waals surface area (Å²) in [5, 5.41) is 6.01. The molecule has 0 aliphatic carbocycles. The van der Waals surface area contributed by atoms with Crippen molar-refractivity contribution in [3.63, 3.8) is 0 Å². The van der Waals surface area contributed by atoms with Gasteiger partial charge in [0.25, 0.3) is 11.5 Å². The number of ether oxygens (including phenoxy) is 1. The summed E-state index contributed by atoms with van der Waals surface area (Å²) in [5.41, 5.74) is -2.42. The van der Waals surface area contributed by atoms with E-state index in [1.807, 2.05) is 0 Å². The topological polar surface area (TPSA) is 90.3 Å². The molecule has 1 heterocycles. The zero-order chi connectivity index (χ0) is 21.8. The minimum atomic E-state index is -1.23. The number of amides is 1. The summed E-state index contributed by atoms with van der Waals surface area (Å²) in [5.74, 6) is -5.02. The quantitative estimate of drug-likeness (QED) is 0.645. The molecule has 0 unspecified atom stereocenters. The zero-order valence-corrected chi connectivity index (χ0v) is 15.5. The van der Waals surface area contributed by atoms with E-state index in [2.05, 4.69) is 10.4 Å². The van der Waals surface area contributed by atoms with Crippen molar-refractivity contribution in [2.24, 2.45) is 0 Å². The number of aromatic nitrogens is 2. The highest BCUT2D eigenvalue weighted by Gasteiger charge is 2.23. The SMILES string of the molecule is CCOC(=O)c1nn(-c2ccc(F)cc2)c(=O)cc1NC(=O)c1c(F)cccc1F. The number of hydrogen-bond donors (Lipinski definition) is 1. The average molecular weight is 417 g/mol. The van der Waals surface area contributed by atoms with Crippen LogP contribution in [0.2, 0.25) is 0 Å². The Balaban J connectivity index is 2.08. The molecule has 0 spiro atoms. The molecule has 3 rings (SSSR count). The standard InChI is InChI=1S/C20H14F3N3O4/c1-2-30-20(29)18-15(24-19(28)17-13(22)4-3-5-14(17)23)10-16(27)26(25-18)12-8-6-11(21)7-9-12/h3-10H,2H2,1H3,(H,24,28). The molecule has 0 radical (unpaired) electrons. The van der Waals surface area contributed by atoms with Crippen LogP contribution in [0.4, 0.5) is 18.9 Å². The summed E-state index contributed by atoms with van der Waals surface area (Å²) >= 11 is 0. The number of esters is 1. The Hall–Kier alpha value is -3.95. The molecule has 0 atom stereocenters. The van der Waals surface area contributed by atoms with E-state index in [0.717, 1.165) is 41.1 Å². The summed E-state index contributed by atoms with van der Waals surface area (Å²) < 4.78 is 46.6. The van der Waals surface area contributed by atoms with Gasteiger partial charge in [0, 0.05) is 6.07 Å². The largest absolute Gasteiger partial charge is 0.461 e. The van der Waals surface area contributed by atoms with Gasteiger partial charge in [0.2, 0.25) is 0 Å². The van der Waals surface area contributed by atoms with Crippen molar-refractivity contribution in [1.29, 1.82) is 0 Å². The van der Waals surface area contributed by atoms with Crippen molar-refractivity contribution in [2.75, 3.05) is 11.9 Å². The summed E-state index contributed by atoms with van der Waals surface area (Å²) in [4.78, 5) is 37.1. The fourth-order valence-electron chi connectivity index (χ4n) is 2.57. The van der Waals surface area contributed by atoms with E-state index in [9.17, 15) is 27.6 Å². The summed E-state index contributed by atoms with van der Waals surface area (Å²) in [6.07, 6.45) is 0. The fraction of sp³-hybridized carbons (Fsp3) is 0.100. The molecular formula is C20H14F3N3O4. The van der Waals surface area contributed by atoms with Crippen molar-refractivity contribution in [1.82, 2.24) is 9.78 Å². The Kier molecular flexibility index (Phi) is 5.95. The van der Waals surface area contributed by atoms with Crippen LogP contribution < -0.4 is 10.9 Å². The zero-order valence-electron chi connectivity index (χ0n) is 15.5. The Morgan fingerprint density at radius 1 is 1.07 bits per heavy atom. The molecule has 1 amide bonds. The Morgan fingerprint density at radius 2 is 1.70 bits per heavy atom. The van der Waals surface area contributed by atoms with E-state index in [-0.39, 0.29) is 12.3 Å². The molecule has 30 heavy (non-hydrogen) atoms. The Morgan fingerprint density at radius 3 is 2.30 bits per heavy atom. The maximum Gasteiger partial charge on any atom is 0.360 e. The second kappa shape index (κ2) is 8.60. The number of nitrogens with one attached hydrogen (secondary N) is 1. The van der Waals surface area contributed by atoms with Crippen molar-refractivity contribution < 1.29 is 27.5 Å². The van der Waals surface area contributed by atoms with Gasteiger partial charge in [-0.2, -0.15) is 9.78 Å². The van der Waals surface area contributed by atoms with Crippen molar-refractivity contribution in [3.05, 3.63) is 87.6 Å². The molecule has 3 aromatic rings. The van der Waals surface area contributed by atoms with Gasteiger partial charge in [0.1, 0.15) is 23.0 Å². The molecule has 0 aliphatic heterocycles. The maximum absolute atomic E-state index is 13.9. The van der Waals surface area contributed by atoms with Crippen LogP contribution in [-0.2, 0) is 4.74 Å².